The van der Waals surface area contributed by atoms with Crippen molar-refractivity contribution in [2.75, 3.05) is 32.9 Å². The number of ether oxygens (including phenoxy) is 3. The van der Waals surface area contributed by atoms with Gasteiger partial charge in [-0.25, -0.2) is 0 Å². The standard InChI is InChI=1S/C21H33NO5/c1-4-25-21(24)13-15-22(14-9-17-26-18(2)3)20(23)12-8-16-27-19-10-6-5-7-11-19/h5-7,10-11,18H,4,8-9,12-17H2,1-3H3. The van der Waals surface area contributed by atoms with Crippen molar-refractivity contribution in [1.82, 2.24) is 4.90 Å². The minimum Gasteiger partial charge on any atom is -0.494 e. The Kier molecular flexibility index (Phi) is 11.9. The van der Waals surface area contributed by atoms with Crippen LogP contribution in [0, 0.1) is 0 Å². The number of carbonyl (C=O) groups is 2. The quantitative estimate of drug-likeness (QED) is 0.366. The van der Waals surface area contributed by atoms with Crippen LogP contribution in [0.5, 0.6) is 5.75 Å². The van der Waals surface area contributed by atoms with Crippen molar-refractivity contribution < 1.29 is 23.8 Å². The summed E-state index contributed by atoms with van der Waals surface area (Å²) in [6, 6.07) is 9.54. The first-order valence-corrected chi connectivity index (χ1v) is 9.75. The zero-order valence-electron chi connectivity index (χ0n) is 16.8. The van der Waals surface area contributed by atoms with Gasteiger partial charge in [-0.05, 0) is 45.7 Å². The highest BCUT2D eigenvalue weighted by Gasteiger charge is 2.15. The molecular formula is C21H33NO5. The Balaban J connectivity index is 2.38. The molecule has 27 heavy (non-hydrogen) atoms. The van der Waals surface area contributed by atoms with Crippen molar-refractivity contribution in [3.8, 4) is 5.75 Å². The van der Waals surface area contributed by atoms with E-state index >= 15 is 0 Å². The molecule has 0 saturated heterocycles. The number of carbonyl (C=O) groups excluding carboxylic acids is 2. The summed E-state index contributed by atoms with van der Waals surface area (Å²) in [5, 5.41) is 0. The van der Waals surface area contributed by atoms with Crippen molar-refractivity contribution in [3.05, 3.63) is 30.3 Å². The minimum atomic E-state index is -0.277. The number of nitrogens with zero attached hydrogens (tertiary/aromatic N) is 1. The van der Waals surface area contributed by atoms with Gasteiger partial charge in [-0.2, -0.15) is 0 Å². The first-order valence-electron chi connectivity index (χ1n) is 9.75. The summed E-state index contributed by atoms with van der Waals surface area (Å²) in [7, 11) is 0. The van der Waals surface area contributed by atoms with Crippen LogP contribution < -0.4 is 4.74 Å². The third kappa shape index (κ3) is 11.3. The molecule has 0 N–H and O–H groups in total. The highest BCUT2D eigenvalue weighted by Crippen LogP contribution is 2.09. The molecule has 0 bridgehead atoms. The number of hydrogen-bond donors (Lipinski definition) is 0. The summed E-state index contributed by atoms with van der Waals surface area (Å²) in [5.74, 6) is 0.552. The highest BCUT2D eigenvalue weighted by molar-refractivity contribution is 5.77. The van der Waals surface area contributed by atoms with Gasteiger partial charge in [0, 0.05) is 26.1 Å². The average molecular weight is 379 g/mol. The smallest absolute Gasteiger partial charge is 0.307 e. The molecule has 0 heterocycles. The second kappa shape index (κ2) is 14.0. The van der Waals surface area contributed by atoms with Crippen molar-refractivity contribution >= 4 is 11.9 Å². The van der Waals surface area contributed by atoms with Crippen LogP contribution in [0.2, 0.25) is 0 Å². The van der Waals surface area contributed by atoms with Gasteiger partial charge in [-0.1, -0.05) is 18.2 Å². The molecule has 1 aromatic carbocycles. The zero-order chi connectivity index (χ0) is 19.9. The molecule has 0 fully saturated rings. The molecule has 6 heteroatoms. The molecule has 0 radical (unpaired) electrons. The van der Waals surface area contributed by atoms with Crippen molar-refractivity contribution in [2.45, 2.75) is 52.6 Å². The largest absolute Gasteiger partial charge is 0.494 e. The van der Waals surface area contributed by atoms with Crippen LogP contribution in [0.4, 0.5) is 0 Å². The molecule has 0 saturated carbocycles. The van der Waals surface area contributed by atoms with E-state index in [-0.39, 0.29) is 24.4 Å². The SMILES string of the molecule is CCOC(=O)CCN(CCCOC(C)C)C(=O)CCCOc1ccccc1. The molecular weight excluding hydrogens is 346 g/mol. The fraction of sp³-hybridized carbons (Fsp3) is 0.619. The third-order valence-corrected chi connectivity index (χ3v) is 3.81. The lowest BCUT2D eigenvalue weighted by molar-refractivity contribution is -0.144. The van der Waals surface area contributed by atoms with Crippen molar-refractivity contribution in [2.24, 2.45) is 0 Å². The fourth-order valence-electron chi connectivity index (χ4n) is 2.48. The first-order chi connectivity index (χ1) is 13.0. The number of rotatable bonds is 14. The van der Waals surface area contributed by atoms with Crippen LogP contribution in [0.25, 0.3) is 0 Å². The van der Waals surface area contributed by atoms with Gasteiger partial charge in [0.25, 0.3) is 0 Å². The number of hydrogen-bond acceptors (Lipinski definition) is 5. The van der Waals surface area contributed by atoms with E-state index in [1.807, 2.05) is 44.2 Å². The lowest BCUT2D eigenvalue weighted by Gasteiger charge is -2.23. The second-order valence-electron chi connectivity index (χ2n) is 6.47. The predicted octanol–water partition coefficient (Wildman–Crippen LogP) is 3.44. The van der Waals surface area contributed by atoms with Gasteiger partial charge in [0.2, 0.25) is 5.91 Å². The van der Waals surface area contributed by atoms with Gasteiger partial charge in [0.15, 0.2) is 0 Å². The van der Waals surface area contributed by atoms with Crippen LogP contribution in [0.15, 0.2) is 30.3 Å². The summed E-state index contributed by atoms with van der Waals surface area (Å²) in [5.41, 5.74) is 0. The fourth-order valence-corrected chi connectivity index (χ4v) is 2.48. The Morgan fingerprint density at radius 2 is 1.74 bits per heavy atom. The Morgan fingerprint density at radius 3 is 2.41 bits per heavy atom. The molecule has 0 aliphatic rings. The van der Waals surface area contributed by atoms with Gasteiger partial charge < -0.3 is 19.1 Å². The molecule has 0 unspecified atom stereocenters. The predicted molar refractivity (Wildman–Crippen MR) is 105 cm³/mol. The summed E-state index contributed by atoms with van der Waals surface area (Å²) < 4.78 is 16.1. The van der Waals surface area contributed by atoms with Crippen molar-refractivity contribution in [3.63, 3.8) is 0 Å². The average Bonchev–Trinajstić information content (AvgIpc) is 2.65. The Morgan fingerprint density at radius 1 is 1.00 bits per heavy atom. The van der Waals surface area contributed by atoms with Crippen molar-refractivity contribution in [1.29, 1.82) is 0 Å². The van der Waals surface area contributed by atoms with Gasteiger partial charge in [0.05, 0.1) is 25.7 Å². The van der Waals surface area contributed by atoms with E-state index < -0.39 is 0 Å². The maximum atomic E-state index is 12.5. The molecule has 1 aromatic rings. The lowest BCUT2D eigenvalue weighted by atomic mass is 10.2. The number of amides is 1. The molecule has 0 aliphatic carbocycles. The van der Waals surface area contributed by atoms with E-state index in [2.05, 4.69) is 0 Å². The second-order valence-corrected chi connectivity index (χ2v) is 6.47. The molecule has 1 amide bonds. The van der Waals surface area contributed by atoms with Gasteiger partial charge >= 0.3 is 5.97 Å². The minimum absolute atomic E-state index is 0.0282. The maximum absolute atomic E-state index is 12.5. The van der Waals surface area contributed by atoms with E-state index in [0.29, 0.717) is 45.8 Å². The first kappa shape index (κ1) is 23.0. The topological polar surface area (TPSA) is 65.1 Å². The Labute approximate surface area is 162 Å². The van der Waals surface area contributed by atoms with E-state index in [0.717, 1.165) is 12.2 Å². The van der Waals surface area contributed by atoms with Gasteiger partial charge in [-0.15, -0.1) is 0 Å². The van der Waals surface area contributed by atoms with Gasteiger partial charge in [0.1, 0.15) is 5.75 Å². The number of benzene rings is 1. The zero-order valence-corrected chi connectivity index (χ0v) is 16.8. The van der Waals surface area contributed by atoms with Crippen LogP contribution in [-0.4, -0.2) is 55.8 Å². The molecule has 0 spiro atoms. The van der Waals surface area contributed by atoms with Crippen LogP contribution in [-0.2, 0) is 19.1 Å². The monoisotopic (exact) mass is 379 g/mol. The third-order valence-electron chi connectivity index (χ3n) is 3.81. The summed E-state index contributed by atoms with van der Waals surface area (Å²) >= 11 is 0. The number of para-hydroxylation sites is 1. The van der Waals surface area contributed by atoms with E-state index in [1.54, 1.807) is 11.8 Å². The molecule has 1 rings (SSSR count). The van der Waals surface area contributed by atoms with Gasteiger partial charge in [-0.3, -0.25) is 9.59 Å². The number of esters is 1. The molecule has 0 aliphatic heterocycles. The van der Waals surface area contributed by atoms with Crippen LogP contribution >= 0.6 is 0 Å². The Bertz CT molecular complexity index is 533. The van der Waals surface area contributed by atoms with Crippen LogP contribution in [0.1, 0.15) is 46.5 Å². The summed E-state index contributed by atoms with van der Waals surface area (Å²) in [4.78, 5) is 25.9. The van der Waals surface area contributed by atoms with Crippen LogP contribution in [0.3, 0.4) is 0 Å². The van der Waals surface area contributed by atoms with E-state index in [1.165, 1.54) is 0 Å². The normalized spacial score (nSPS) is 10.7. The molecule has 0 atom stereocenters. The molecule has 0 aromatic heterocycles. The summed E-state index contributed by atoms with van der Waals surface area (Å²) in [6.45, 7) is 8.12. The van der Waals surface area contributed by atoms with E-state index in [9.17, 15) is 9.59 Å². The maximum Gasteiger partial charge on any atom is 0.307 e. The Hall–Kier alpha value is -2.08. The summed E-state index contributed by atoms with van der Waals surface area (Å²) in [6.07, 6.45) is 2.15. The molecule has 152 valence electrons. The van der Waals surface area contributed by atoms with E-state index in [4.69, 9.17) is 14.2 Å². The lowest BCUT2D eigenvalue weighted by Crippen LogP contribution is -2.35. The highest BCUT2D eigenvalue weighted by atomic mass is 16.5. The molecule has 6 nitrogen and oxygen atoms in total.